The molecule has 2 aromatic heterocycles. The van der Waals surface area contributed by atoms with Crippen molar-refractivity contribution in [3.63, 3.8) is 0 Å². The number of benzene rings is 4. The fourth-order valence-corrected chi connectivity index (χ4v) is 9.03. The number of likely N-dealkylation sites (N-methyl/N-ethyl adjacent to an activating group) is 2. The van der Waals surface area contributed by atoms with Crippen LogP contribution in [0, 0.1) is 0 Å². The summed E-state index contributed by atoms with van der Waals surface area (Å²) in [5.74, 6) is 1.12. The van der Waals surface area contributed by atoms with Crippen molar-refractivity contribution < 1.29 is 19.2 Å². The van der Waals surface area contributed by atoms with Crippen LogP contribution in [-0.2, 0) is 19.2 Å². The Morgan fingerprint density at radius 2 is 0.859 bits per heavy atom. The van der Waals surface area contributed by atoms with Crippen LogP contribution in [0.2, 0.25) is 0 Å². The minimum absolute atomic E-state index is 0.0340. The van der Waals surface area contributed by atoms with E-state index in [1.54, 1.807) is 36.0 Å². The van der Waals surface area contributed by atoms with Gasteiger partial charge in [0.15, 0.2) is 0 Å². The Kier molecular flexibility index (Phi) is 12.9. The van der Waals surface area contributed by atoms with E-state index in [0.29, 0.717) is 50.9 Å². The number of imidazole rings is 2. The van der Waals surface area contributed by atoms with Crippen molar-refractivity contribution in [2.75, 3.05) is 67.5 Å². The van der Waals surface area contributed by atoms with Crippen LogP contribution < -0.4 is 0 Å². The van der Waals surface area contributed by atoms with Crippen LogP contribution in [0.15, 0.2) is 122 Å². The summed E-state index contributed by atoms with van der Waals surface area (Å²) in [6.07, 6.45) is 3.58. The molecule has 2 N–H and O–H groups in total. The molecular weight excluding hydrogens is 805 g/mol. The molecular formula is C50H56N10O4. The zero-order valence-electron chi connectivity index (χ0n) is 37.3. The maximum Gasteiger partial charge on any atom is 0.245 e. The highest BCUT2D eigenvalue weighted by atomic mass is 16.2. The number of rotatable bonds is 11. The first-order chi connectivity index (χ1) is 30.9. The van der Waals surface area contributed by atoms with Crippen molar-refractivity contribution in [1.29, 1.82) is 0 Å². The molecule has 6 aromatic rings. The maximum atomic E-state index is 14.3. The van der Waals surface area contributed by atoms with Gasteiger partial charge in [-0.15, -0.1) is 0 Å². The van der Waals surface area contributed by atoms with E-state index < -0.39 is 24.2 Å². The van der Waals surface area contributed by atoms with E-state index in [1.807, 2.05) is 133 Å². The van der Waals surface area contributed by atoms with Gasteiger partial charge in [-0.25, -0.2) is 9.97 Å². The van der Waals surface area contributed by atoms with E-state index in [1.165, 1.54) is 0 Å². The molecule has 0 saturated carbocycles. The number of hydrogen-bond donors (Lipinski definition) is 2. The molecule has 4 atom stereocenters. The number of aromatic amines is 2. The third kappa shape index (κ3) is 9.10. The van der Waals surface area contributed by atoms with Gasteiger partial charge in [0.1, 0.15) is 35.8 Å². The highest BCUT2D eigenvalue weighted by molar-refractivity contribution is 5.85. The molecule has 330 valence electrons. The molecule has 0 bridgehead atoms. The fraction of sp³-hybridized carbons (Fsp3) is 0.320. The summed E-state index contributed by atoms with van der Waals surface area (Å²) in [6.45, 7) is 5.54. The molecule has 14 heteroatoms. The molecule has 2 aliphatic rings. The maximum absolute atomic E-state index is 14.3. The van der Waals surface area contributed by atoms with Crippen molar-refractivity contribution in [3.05, 3.63) is 144 Å². The number of piperazine rings is 2. The SMILES string of the molecule is CC(=O)N1CCN(C(=O)[C@@H](c2ccccc2)N(C)C)C(c2ncc(-c3ccc(-c4ccc(-c5cnc(C6CN(C(C)=O)CCN6C(=O)[C@@H](c6ccccc6)N(C)C)[nH]5)cc4)cc3)[nH]2)C1. The van der Waals surface area contributed by atoms with Crippen LogP contribution in [0.4, 0.5) is 0 Å². The zero-order chi connectivity index (χ0) is 45.1. The lowest BCUT2D eigenvalue weighted by Crippen LogP contribution is -2.54. The molecule has 0 spiro atoms. The predicted octanol–water partition coefficient (Wildman–Crippen LogP) is 6.20. The number of nitrogens with one attached hydrogen (secondary N) is 2. The Morgan fingerprint density at radius 1 is 0.516 bits per heavy atom. The van der Waals surface area contributed by atoms with Gasteiger partial charge in [-0.05, 0) is 61.6 Å². The Hall–Kier alpha value is -6.90. The third-order valence-electron chi connectivity index (χ3n) is 12.5. The standard InChI is InChI=1S/C50H56N10O4/c1-33(61)57-25-27-59(49(63)45(55(3)4)39-13-9-7-10-14-39)43(31-57)47-51-29-41(53-47)37-21-17-35(18-22-37)36-19-23-38(24-20-36)42-30-52-48(54-42)44-32-58(34(2)62)26-28-60(44)50(64)46(56(5)6)40-15-11-8-12-16-40/h7-24,29-30,43-46H,25-28,31-32H2,1-6H3,(H,51,53)(H,52,54)/t43?,44?,45-,46-/m1/s1. The smallest absolute Gasteiger partial charge is 0.245 e. The Bertz CT molecular complexity index is 2390. The van der Waals surface area contributed by atoms with Crippen molar-refractivity contribution in [2.24, 2.45) is 0 Å². The number of H-pyrrole nitrogens is 2. The van der Waals surface area contributed by atoms with E-state index in [2.05, 4.69) is 34.2 Å². The van der Waals surface area contributed by atoms with Crippen LogP contribution in [0.1, 0.15) is 60.8 Å². The number of carbonyl (C=O) groups is 4. The lowest BCUT2D eigenvalue weighted by Gasteiger charge is -2.42. The molecule has 2 unspecified atom stereocenters. The summed E-state index contributed by atoms with van der Waals surface area (Å²) < 4.78 is 0. The average molecular weight is 861 g/mol. The molecule has 4 heterocycles. The lowest BCUT2D eigenvalue weighted by molar-refractivity contribution is -0.146. The van der Waals surface area contributed by atoms with E-state index >= 15 is 0 Å². The number of amides is 4. The molecule has 4 aromatic carbocycles. The molecule has 0 aliphatic carbocycles. The van der Waals surface area contributed by atoms with E-state index in [4.69, 9.17) is 9.97 Å². The Labute approximate surface area is 374 Å². The molecule has 2 saturated heterocycles. The summed E-state index contributed by atoms with van der Waals surface area (Å²) in [5, 5.41) is 0. The molecule has 14 nitrogen and oxygen atoms in total. The Morgan fingerprint density at radius 3 is 1.19 bits per heavy atom. The van der Waals surface area contributed by atoms with Gasteiger partial charge in [-0.1, -0.05) is 109 Å². The second-order valence-corrected chi connectivity index (χ2v) is 17.1. The number of nitrogens with zero attached hydrogens (tertiary/aromatic N) is 8. The monoisotopic (exact) mass is 860 g/mol. The van der Waals surface area contributed by atoms with Gasteiger partial charge in [0.25, 0.3) is 0 Å². The minimum Gasteiger partial charge on any atom is -0.340 e. The van der Waals surface area contributed by atoms with Crippen molar-refractivity contribution in [3.8, 4) is 33.6 Å². The molecule has 0 radical (unpaired) electrons. The summed E-state index contributed by atoms with van der Waals surface area (Å²) in [6, 6.07) is 34.1. The first kappa shape index (κ1) is 43.7. The van der Waals surface area contributed by atoms with Crippen LogP contribution in [-0.4, -0.2) is 140 Å². The van der Waals surface area contributed by atoms with Crippen molar-refractivity contribution in [1.82, 2.24) is 49.3 Å². The topological polar surface area (TPSA) is 145 Å². The number of aromatic nitrogens is 4. The van der Waals surface area contributed by atoms with Crippen LogP contribution >= 0.6 is 0 Å². The van der Waals surface area contributed by atoms with Crippen LogP contribution in [0.3, 0.4) is 0 Å². The zero-order valence-corrected chi connectivity index (χ0v) is 37.3. The normalized spacial score (nSPS) is 17.8. The fourth-order valence-electron chi connectivity index (χ4n) is 9.03. The number of hydrogen-bond acceptors (Lipinski definition) is 8. The van der Waals surface area contributed by atoms with Gasteiger partial charge >= 0.3 is 0 Å². The lowest BCUT2D eigenvalue weighted by atomic mass is 10.0. The molecule has 8 rings (SSSR count). The predicted molar refractivity (Wildman–Crippen MR) is 246 cm³/mol. The van der Waals surface area contributed by atoms with Gasteiger partial charge in [-0.3, -0.25) is 29.0 Å². The summed E-state index contributed by atoms with van der Waals surface area (Å²) in [5.41, 5.74) is 7.40. The van der Waals surface area contributed by atoms with Crippen molar-refractivity contribution >= 4 is 23.6 Å². The first-order valence-electron chi connectivity index (χ1n) is 21.7. The summed E-state index contributed by atoms with van der Waals surface area (Å²) in [4.78, 5) is 81.3. The molecule has 64 heavy (non-hydrogen) atoms. The van der Waals surface area contributed by atoms with Crippen LogP contribution in [0.25, 0.3) is 33.6 Å². The van der Waals surface area contributed by atoms with Gasteiger partial charge in [0.05, 0.1) is 23.8 Å². The average Bonchev–Trinajstić information content (AvgIpc) is 4.01. The van der Waals surface area contributed by atoms with E-state index in [0.717, 1.165) is 44.8 Å². The first-order valence-corrected chi connectivity index (χ1v) is 21.7. The Balaban J connectivity index is 0.982. The highest BCUT2D eigenvalue weighted by Crippen LogP contribution is 2.34. The second kappa shape index (κ2) is 18.8. The van der Waals surface area contributed by atoms with Gasteiger partial charge in [0, 0.05) is 53.1 Å². The molecule has 2 aliphatic heterocycles. The third-order valence-corrected chi connectivity index (χ3v) is 12.5. The highest BCUT2D eigenvalue weighted by Gasteiger charge is 2.40. The summed E-state index contributed by atoms with van der Waals surface area (Å²) >= 11 is 0. The van der Waals surface area contributed by atoms with Crippen LogP contribution in [0.5, 0.6) is 0 Å². The number of carbonyl (C=O) groups excluding carboxylic acids is 4. The van der Waals surface area contributed by atoms with Gasteiger partial charge in [0.2, 0.25) is 23.6 Å². The van der Waals surface area contributed by atoms with Gasteiger partial charge < -0.3 is 29.6 Å². The second-order valence-electron chi connectivity index (χ2n) is 17.1. The van der Waals surface area contributed by atoms with Crippen molar-refractivity contribution in [2.45, 2.75) is 38.0 Å². The molecule has 2 fully saturated rings. The quantitative estimate of drug-likeness (QED) is 0.157. The van der Waals surface area contributed by atoms with E-state index in [-0.39, 0.29) is 23.6 Å². The molecule has 4 amide bonds. The minimum atomic E-state index is -0.480. The summed E-state index contributed by atoms with van der Waals surface area (Å²) in [7, 11) is 7.63. The van der Waals surface area contributed by atoms with Gasteiger partial charge in [-0.2, -0.15) is 0 Å². The van der Waals surface area contributed by atoms with E-state index in [9.17, 15) is 19.2 Å². The largest absolute Gasteiger partial charge is 0.340 e.